The van der Waals surface area contributed by atoms with Gasteiger partial charge in [0.05, 0.1) is 40.3 Å². The highest BCUT2D eigenvalue weighted by molar-refractivity contribution is 5.70. The summed E-state index contributed by atoms with van der Waals surface area (Å²) in [5.41, 5.74) is 0. The van der Waals surface area contributed by atoms with Gasteiger partial charge in [-0.3, -0.25) is 9.59 Å². The lowest BCUT2D eigenvalue weighted by molar-refractivity contribution is -0.889. The van der Waals surface area contributed by atoms with Crippen LogP contribution >= 0.6 is 0 Å². The quantitative estimate of drug-likeness (QED) is 0.0260. The number of hydrogen-bond donors (Lipinski definition) is 0. The zero-order valence-corrected chi connectivity index (χ0v) is 41.0. The Morgan fingerprint density at radius 1 is 0.500 bits per heavy atom. The van der Waals surface area contributed by atoms with Crippen molar-refractivity contribution in [3.8, 4) is 0 Å². The summed E-state index contributed by atoms with van der Waals surface area (Å²) in [5, 5.41) is 11.7. The molecule has 0 aliphatic rings. The van der Waals surface area contributed by atoms with Crippen molar-refractivity contribution in [2.24, 2.45) is 0 Å². The lowest BCUT2D eigenvalue weighted by Gasteiger charge is -2.34. The Morgan fingerprint density at radius 2 is 0.903 bits per heavy atom. The van der Waals surface area contributed by atoms with Gasteiger partial charge in [0.2, 0.25) is 0 Å². The van der Waals surface area contributed by atoms with Crippen LogP contribution in [0.5, 0.6) is 0 Å². The molecule has 0 aliphatic heterocycles. The van der Waals surface area contributed by atoms with Gasteiger partial charge in [0.1, 0.15) is 12.6 Å². The van der Waals surface area contributed by atoms with Gasteiger partial charge in [-0.1, -0.05) is 204 Å². The third-order valence-electron chi connectivity index (χ3n) is 11.5. The number of carboxylic acids is 1. The van der Waals surface area contributed by atoms with Crippen molar-refractivity contribution in [1.29, 1.82) is 0 Å². The topological polar surface area (TPSA) is 102 Å². The van der Waals surface area contributed by atoms with Crippen LogP contribution in [0.25, 0.3) is 0 Å². The van der Waals surface area contributed by atoms with Gasteiger partial charge in [-0.15, -0.1) is 0 Å². The molecule has 0 heterocycles. The van der Waals surface area contributed by atoms with Crippen LogP contribution in [0.15, 0.2) is 48.6 Å². The average molecular weight is 872 g/mol. The van der Waals surface area contributed by atoms with Crippen LogP contribution in [0, 0.1) is 0 Å². The van der Waals surface area contributed by atoms with E-state index in [9.17, 15) is 19.5 Å². The van der Waals surface area contributed by atoms with Crippen molar-refractivity contribution in [1.82, 2.24) is 0 Å². The lowest BCUT2D eigenvalue weighted by atomic mass is 10.0. The maximum absolute atomic E-state index is 12.8. The summed E-state index contributed by atoms with van der Waals surface area (Å²) in [4.78, 5) is 37.0. The Labute approximate surface area is 382 Å². The largest absolute Gasteiger partial charge is 0.544 e. The number of carbonyl (C=O) groups excluding carboxylic acids is 3. The van der Waals surface area contributed by atoms with Crippen molar-refractivity contribution < 1.29 is 38.2 Å². The molecule has 0 aliphatic carbocycles. The molecule has 0 spiro atoms. The molecule has 2 unspecified atom stereocenters. The SMILES string of the molecule is CC/C=C/C/C=C/C/C=C/C/C=C/CCCCCCCCCC(=O)OC(COCCC(C(=O)[O-])[N+](C)(C)C)COC(=O)CCCCCCCCCCCCCCCCCCCC. The third kappa shape index (κ3) is 42.6. The van der Waals surface area contributed by atoms with Crippen LogP contribution in [-0.2, 0) is 28.6 Å². The minimum atomic E-state index is -1.13. The second-order valence-electron chi connectivity index (χ2n) is 18.4. The van der Waals surface area contributed by atoms with E-state index in [4.69, 9.17) is 14.2 Å². The summed E-state index contributed by atoms with van der Waals surface area (Å²) in [6.07, 6.45) is 54.2. The van der Waals surface area contributed by atoms with Crippen LogP contribution in [0.4, 0.5) is 0 Å². The molecule has 0 aromatic carbocycles. The van der Waals surface area contributed by atoms with Crippen LogP contribution in [0.2, 0.25) is 0 Å². The Bertz CT molecular complexity index is 1150. The number of unbranched alkanes of at least 4 members (excludes halogenated alkanes) is 24. The molecule has 8 heteroatoms. The first-order valence-electron chi connectivity index (χ1n) is 25.7. The number of allylic oxidation sites excluding steroid dienone is 8. The second kappa shape index (κ2) is 44.9. The molecular weight excluding hydrogens is 775 g/mol. The summed E-state index contributed by atoms with van der Waals surface area (Å²) < 4.78 is 17.2. The first kappa shape index (κ1) is 59.3. The summed E-state index contributed by atoms with van der Waals surface area (Å²) in [6, 6.07) is -0.728. The fourth-order valence-electron chi connectivity index (χ4n) is 7.53. The monoisotopic (exact) mass is 872 g/mol. The number of carboxylic acid groups (broad SMARTS) is 1. The molecule has 2 atom stereocenters. The fourth-order valence-corrected chi connectivity index (χ4v) is 7.53. The highest BCUT2D eigenvalue weighted by Gasteiger charge is 2.25. The van der Waals surface area contributed by atoms with Gasteiger partial charge in [0.15, 0.2) is 6.10 Å². The number of esters is 2. The molecule has 0 saturated heterocycles. The number of hydrogen-bond acceptors (Lipinski definition) is 7. The number of ether oxygens (including phenoxy) is 3. The number of aliphatic carboxylic acids is 1. The molecule has 0 bridgehead atoms. The van der Waals surface area contributed by atoms with Gasteiger partial charge < -0.3 is 28.6 Å². The Hall–Kier alpha value is -2.71. The molecule has 0 aromatic heterocycles. The van der Waals surface area contributed by atoms with Crippen molar-refractivity contribution in [2.75, 3.05) is 41.0 Å². The van der Waals surface area contributed by atoms with E-state index in [-0.39, 0.29) is 42.7 Å². The Balaban J connectivity index is 4.25. The number of nitrogens with zero attached hydrogens (tertiary/aromatic N) is 1. The number of likely N-dealkylation sites (N-methyl/N-ethyl adjacent to an activating group) is 1. The molecule has 8 nitrogen and oxygen atoms in total. The van der Waals surface area contributed by atoms with E-state index in [1.54, 1.807) is 21.1 Å². The number of rotatable bonds is 46. The van der Waals surface area contributed by atoms with E-state index in [1.165, 1.54) is 116 Å². The maximum atomic E-state index is 12.8. The summed E-state index contributed by atoms with van der Waals surface area (Å²) in [5.74, 6) is -1.74. The van der Waals surface area contributed by atoms with E-state index < -0.39 is 18.1 Å². The molecule has 0 amide bonds. The fraction of sp³-hybridized carbons (Fsp3) is 0.796. The van der Waals surface area contributed by atoms with Crippen molar-refractivity contribution in [3.05, 3.63) is 48.6 Å². The van der Waals surface area contributed by atoms with Gasteiger partial charge >= 0.3 is 11.9 Å². The van der Waals surface area contributed by atoms with Gasteiger partial charge in [0, 0.05) is 19.3 Å². The van der Waals surface area contributed by atoms with E-state index >= 15 is 0 Å². The molecule has 0 rings (SSSR count). The molecule has 0 N–H and O–H groups in total. The Kier molecular flexibility index (Phi) is 42.9. The molecule has 62 heavy (non-hydrogen) atoms. The highest BCUT2D eigenvalue weighted by Crippen LogP contribution is 2.16. The van der Waals surface area contributed by atoms with Crippen LogP contribution < -0.4 is 5.11 Å². The Morgan fingerprint density at radius 3 is 1.34 bits per heavy atom. The van der Waals surface area contributed by atoms with Crippen LogP contribution in [-0.4, -0.2) is 75.5 Å². The van der Waals surface area contributed by atoms with Crippen LogP contribution in [0.1, 0.15) is 226 Å². The summed E-state index contributed by atoms with van der Waals surface area (Å²) in [7, 11) is 5.41. The molecular formula is C54H97NO7. The lowest BCUT2D eigenvalue weighted by Crippen LogP contribution is -2.55. The molecule has 0 fully saturated rings. The van der Waals surface area contributed by atoms with Crippen molar-refractivity contribution in [3.63, 3.8) is 0 Å². The zero-order valence-electron chi connectivity index (χ0n) is 41.0. The van der Waals surface area contributed by atoms with Crippen molar-refractivity contribution in [2.45, 2.75) is 238 Å². The van der Waals surface area contributed by atoms with Gasteiger partial charge in [-0.2, -0.15) is 0 Å². The molecule has 0 saturated carbocycles. The number of carbonyl (C=O) groups is 3. The van der Waals surface area contributed by atoms with Crippen molar-refractivity contribution >= 4 is 17.9 Å². The minimum Gasteiger partial charge on any atom is -0.544 e. The average Bonchev–Trinajstić information content (AvgIpc) is 3.23. The minimum absolute atomic E-state index is 0.0377. The smallest absolute Gasteiger partial charge is 0.306 e. The van der Waals surface area contributed by atoms with Gasteiger partial charge in [-0.05, 0) is 51.4 Å². The highest BCUT2D eigenvalue weighted by atomic mass is 16.6. The molecule has 0 radical (unpaired) electrons. The third-order valence-corrected chi connectivity index (χ3v) is 11.5. The maximum Gasteiger partial charge on any atom is 0.306 e. The number of quaternary nitrogens is 1. The predicted molar refractivity (Wildman–Crippen MR) is 259 cm³/mol. The standard InChI is InChI=1S/C54H97NO7/c1-6-8-10-12-14-16-18-20-22-24-26-27-29-31-33-35-37-39-41-43-45-53(57)62-50(48-60-47-46-51(54(58)59)55(3,4)5)49-61-52(56)44-42-40-38-36-34-32-30-28-25-23-21-19-17-15-13-11-9-7-2/h8,10,14,16,20,22,26-27,50-51H,6-7,9,11-13,15,17-19,21,23-25,28-49H2,1-5H3/b10-8+,16-14+,22-20+,27-26+. The zero-order chi connectivity index (χ0) is 45.6. The molecule has 360 valence electrons. The van der Waals surface area contributed by atoms with E-state index in [0.717, 1.165) is 77.0 Å². The van der Waals surface area contributed by atoms with E-state index in [1.807, 2.05) is 0 Å². The van der Waals surface area contributed by atoms with Gasteiger partial charge in [-0.25, -0.2) is 0 Å². The van der Waals surface area contributed by atoms with E-state index in [0.29, 0.717) is 12.8 Å². The summed E-state index contributed by atoms with van der Waals surface area (Å²) >= 11 is 0. The summed E-state index contributed by atoms with van der Waals surface area (Å²) in [6.45, 7) is 4.57. The van der Waals surface area contributed by atoms with E-state index in [2.05, 4.69) is 62.5 Å². The first-order valence-corrected chi connectivity index (χ1v) is 25.7. The molecule has 0 aromatic rings. The van der Waals surface area contributed by atoms with Crippen LogP contribution in [0.3, 0.4) is 0 Å². The van der Waals surface area contributed by atoms with Gasteiger partial charge in [0.25, 0.3) is 0 Å². The first-order chi connectivity index (χ1) is 30.1. The predicted octanol–water partition coefficient (Wildman–Crippen LogP) is 13.4. The second-order valence-corrected chi connectivity index (χ2v) is 18.4. The normalized spacial score (nSPS) is 13.2.